The Kier molecular flexibility index (Phi) is 5.46. The number of nitrogens with zero attached hydrogens (tertiary/aromatic N) is 3. The van der Waals surface area contributed by atoms with Crippen LogP contribution in [0.5, 0.6) is 0 Å². The molecule has 1 fully saturated rings. The average molecular weight is 396 g/mol. The number of ketones is 1. The molecule has 1 aliphatic heterocycles. The summed E-state index contributed by atoms with van der Waals surface area (Å²) in [6.45, 7) is 0.623. The Labute approximate surface area is 166 Å². The molecule has 0 unspecified atom stereocenters. The molecule has 2 aromatic heterocycles. The van der Waals surface area contributed by atoms with Crippen LogP contribution in [0.4, 0.5) is 4.39 Å². The Hall–Kier alpha value is -2.97. The van der Waals surface area contributed by atoms with Gasteiger partial charge in [-0.3, -0.25) is 14.2 Å². The number of fused-ring (bicyclic) bond motifs is 1. The van der Waals surface area contributed by atoms with E-state index < -0.39 is 17.5 Å². The number of hydrogen-bond donors (Lipinski definition) is 2. The van der Waals surface area contributed by atoms with Crippen LogP contribution in [-0.4, -0.2) is 44.1 Å². The zero-order chi connectivity index (χ0) is 20.4. The van der Waals surface area contributed by atoms with E-state index in [1.165, 1.54) is 23.0 Å². The lowest BCUT2D eigenvalue weighted by Gasteiger charge is -2.28. The summed E-state index contributed by atoms with van der Waals surface area (Å²) in [5, 5.41) is 13.1. The minimum atomic E-state index is -0.561. The Morgan fingerprint density at radius 2 is 2.17 bits per heavy atom. The number of pyridine rings is 1. The molecule has 0 bridgehead atoms. The van der Waals surface area contributed by atoms with Crippen LogP contribution < -0.4 is 10.9 Å². The van der Waals surface area contributed by atoms with Crippen molar-refractivity contribution in [2.24, 2.45) is 0 Å². The van der Waals surface area contributed by atoms with E-state index in [1.807, 2.05) is 0 Å². The molecule has 8 heteroatoms. The lowest BCUT2D eigenvalue weighted by Crippen LogP contribution is -2.46. The zero-order valence-corrected chi connectivity index (χ0v) is 15.7. The second-order valence-corrected chi connectivity index (χ2v) is 7.27. The summed E-state index contributed by atoms with van der Waals surface area (Å²) in [4.78, 5) is 33.9. The monoisotopic (exact) mass is 396 g/mol. The van der Waals surface area contributed by atoms with Crippen molar-refractivity contribution in [2.45, 2.75) is 38.0 Å². The molecular formula is C21H21FN4O3. The van der Waals surface area contributed by atoms with Crippen molar-refractivity contribution in [3.05, 3.63) is 58.9 Å². The first-order chi connectivity index (χ1) is 14.0. The molecule has 0 spiro atoms. The molecule has 29 heavy (non-hydrogen) atoms. The fourth-order valence-electron chi connectivity index (χ4n) is 3.60. The number of carbonyl (C=O) groups excluding carboxylic acids is 1. The molecular weight excluding hydrogens is 375 g/mol. The molecule has 150 valence electrons. The van der Waals surface area contributed by atoms with Gasteiger partial charge in [0.2, 0.25) is 0 Å². The molecule has 2 N–H and O–H groups in total. The lowest BCUT2D eigenvalue weighted by molar-refractivity contribution is -0.121. The average Bonchev–Trinajstić information content (AvgIpc) is 2.72. The second-order valence-electron chi connectivity index (χ2n) is 7.27. The van der Waals surface area contributed by atoms with Gasteiger partial charge in [0.25, 0.3) is 5.56 Å². The summed E-state index contributed by atoms with van der Waals surface area (Å²) < 4.78 is 14.7. The molecule has 3 aromatic rings. The van der Waals surface area contributed by atoms with Gasteiger partial charge in [-0.2, -0.15) is 0 Å². The smallest absolute Gasteiger partial charge is 0.280 e. The quantitative estimate of drug-likeness (QED) is 0.681. The minimum absolute atomic E-state index is 0.123. The van der Waals surface area contributed by atoms with Crippen molar-refractivity contribution >= 4 is 16.8 Å². The van der Waals surface area contributed by atoms with Gasteiger partial charge in [0, 0.05) is 18.0 Å². The number of benzene rings is 1. The van der Waals surface area contributed by atoms with Gasteiger partial charge in [-0.25, -0.2) is 14.4 Å². The van der Waals surface area contributed by atoms with Gasteiger partial charge < -0.3 is 10.4 Å². The summed E-state index contributed by atoms with van der Waals surface area (Å²) in [7, 11) is 0. The number of aliphatic hydroxyl groups excluding tert-OH is 1. The van der Waals surface area contributed by atoms with Gasteiger partial charge >= 0.3 is 0 Å². The van der Waals surface area contributed by atoms with Crippen molar-refractivity contribution in [3.8, 4) is 11.3 Å². The number of rotatable bonds is 5. The van der Waals surface area contributed by atoms with Crippen LogP contribution in [0.3, 0.4) is 0 Å². The van der Waals surface area contributed by atoms with Gasteiger partial charge in [0.1, 0.15) is 5.82 Å². The number of Topliss-reactive ketones (excluding diaryl/α,β-unsaturated/α-hetero) is 1. The highest BCUT2D eigenvalue weighted by atomic mass is 19.1. The lowest BCUT2D eigenvalue weighted by atomic mass is 9.97. The first-order valence-electron chi connectivity index (χ1n) is 9.56. The molecule has 7 nitrogen and oxygen atoms in total. The zero-order valence-electron chi connectivity index (χ0n) is 15.7. The van der Waals surface area contributed by atoms with Crippen molar-refractivity contribution < 1.29 is 14.3 Å². The van der Waals surface area contributed by atoms with E-state index in [-0.39, 0.29) is 30.3 Å². The predicted octanol–water partition coefficient (Wildman–Crippen LogP) is 1.67. The Balaban J connectivity index is 1.59. The largest absolute Gasteiger partial charge is 0.391 e. The van der Waals surface area contributed by atoms with E-state index in [0.717, 1.165) is 13.0 Å². The van der Waals surface area contributed by atoms with Crippen molar-refractivity contribution in [1.29, 1.82) is 0 Å². The van der Waals surface area contributed by atoms with Crippen LogP contribution >= 0.6 is 0 Å². The molecule has 2 atom stereocenters. The number of carbonyl (C=O) groups is 1. The van der Waals surface area contributed by atoms with E-state index in [2.05, 4.69) is 15.3 Å². The highest BCUT2D eigenvalue weighted by molar-refractivity contribution is 5.80. The summed E-state index contributed by atoms with van der Waals surface area (Å²) >= 11 is 0. The molecule has 0 amide bonds. The maximum Gasteiger partial charge on any atom is 0.280 e. The first kappa shape index (κ1) is 19.4. The van der Waals surface area contributed by atoms with Gasteiger partial charge in [-0.15, -0.1) is 0 Å². The van der Waals surface area contributed by atoms with Crippen molar-refractivity contribution in [2.75, 3.05) is 6.54 Å². The van der Waals surface area contributed by atoms with Crippen molar-refractivity contribution in [3.63, 3.8) is 0 Å². The highest BCUT2D eigenvalue weighted by Gasteiger charge is 2.25. The number of aromatic nitrogens is 3. The SMILES string of the molecule is O=C(C[C@H]1NCCC[C@@H]1O)Cn1cnc2ccc(-c3cccc(F)c3)nc2c1=O. The van der Waals surface area contributed by atoms with E-state index >= 15 is 0 Å². The summed E-state index contributed by atoms with van der Waals surface area (Å²) in [6.07, 6.45) is 2.45. The summed E-state index contributed by atoms with van der Waals surface area (Å²) in [5.74, 6) is -0.565. The molecule has 0 saturated carbocycles. The molecule has 1 aliphatic rings. The van der Waals surface area contributed by atoms with Crippen LogP contribution in [0.2, 0.25) is 0 Å². The molecule has 1 saturated heterocycles. The van der Waals surface area contributed by atoms with E-state index in [1.54, 1.807) is 24.3 Å². The summed E-state index contributed by atoms with van der Waals surface area (Å²) in [6, 6.07) is 8.99. The Morgan fingerprint density at radius 3 is 2.97 bits per heavy atom. The first-order valence-corrected chi connectivity index (χ1v) is 9.56. The van der Waals surface area contributed by atoms with Crippen LogP contribution in [0, 0.1) is 5.82 Å². The number of halogens is 1. The number of aliphatic hydroxyl groups is 1. The van der Waals surface area contributed by atoms with Crippen LogP contribution in [0.25, 0.3) is 22.3 Å². The predicted molar refractivity (Wildman–Crippen MR) is 106 cm³/mol. The third kappa shape index (κ3) is 4.23. The van der Waals surface area contributed by atoms with Gasteiger partial charge in [0.15, 0.2) is 11.3 Å². The molecule has 0 radical (unpaired) electrons. The number of piperidine rings is 1. The number of hydrogen-bond acceptors (Lipinski definition) is 6. The van der Waals surface area contributed by atoms with Crippen LogP contribution in [0.15, 0.2) is 47.5 Å². The van der Waals surface area contributed by atoms with E-state index in [4.69, 9.17) is 0 Å². The number of nitrogens with one attached hydrogen (secondary N) is 1. The molecule has 4 rings (SSSR count). The maximum absolute atomic E-state index is 13.5. The highest BCUT2D eigenvalue weighted by Crippen LogP contribution is 2.19. The fourth-order valence-corrected chi connectivity index (χ4v) is 3.60. The minimum Gasteiger partial charge on any atom is -0.391 e. The van der Waals surface area contributed by atoms with Gasteiger partial charge in [0.05, 0.1) is 30.2 Å². The normalized spacial score (nSPS) is 19.4. The van der Waals surface area contributed by atoms with Crippen LogP contribution in [0.1, 0.15) is 19.3 Å². The topological polar surface area (TPSA) is 97.1 Å². The third-order valence-electron chi connectivity index (χ3n) is 5.14. The maximum atomic E-state index is 13.5. The fraction of sp³-hybridized carbons (Fsp3) is 0.333. The molecule has 1 aromatic carbocycles. The van der Waals surface area contributed by atoms with E-state index in [0.29, 0.717) is 23.2 Å². The molecule has 0 aliphatic carbocycles. The van der Waals surface area contributed by atoms with E-state index in [9.17, 15) is 19.1 Å². The van der Waals surface area contributed by atoms with Crippen LogP contribution in [-0.2, 0) is 11.3 Å². The summed E-state index contributed by atoms with van der Waals surface area (Å²) in [5.41, 5.74) is 1.10. The van der Waals surface area contributed by atoms with Gasteiger partial charge in [-0.05, 0) is 43.7 Å². The van der Waals surface area contributed by atoms with Crippen molar-refractivity contribution in [1.82, 2.24) is 19.9 Å². The standard InChI is InChI=1S/C21H21FN4O3/c22-14-4-1-3-13(9-14)16-6-7-17-20(25-16)21(29)26(12-24-17)11-15(27)10-18-19(28)5-2-8-23-18/h1,3-4,6-7,9,12,18-19,23,28H,2,5,8,10-11H2/t18-,19+/m1/s1. The molecule has 3 heterocycles. The Morgan fingerprint density at radius 1 is 1.31 bits per heavy atom. The second kappa shape index (κ2) is 8.18. The third-order valence-corrected chi connectivity index (χ3v) is 5.14. The Bertz CT molecular complexity index is 1110. The van der Waals surface area contributed by atoms with Gasteiger partial charge in [-0.1, -0.05) is 12.1 Å².